The van der Waals surface area contributed by atoms with Crippen LogP contribution in [-0.4, -0.2) is 30.0 Å². The molecule has 0 saturated heterocycles. The van der Waals surface area contributed by atoms with Gasteiger partial charge in [-0.05, 0) is 0 Å². The summed E-state index contributed by atoms with van der Waals surface area (Å²) in [5.74, 6) is 0. The summed E-state index contributed by atoms with van der Waals surface area (Å²) in [6.45, 7) is 3.18. The van der Waals surface area contributed by atoms with Gasteiger partial charge in [-0.1, -0.05) is 6.08 Å². The number of hydrogen-bond acceptors (Lipinski definition) is 4. The minimum Gasteiger partial charge on any atom is -0.368 e. The van der Waals surface area contributed by atoms with Crippen LogP contribution in [0.25, 0.3) is 0 Å². The third-order valence-electron chi connectivity index (χ3n) is 0.395. The molecule has 0 heterocycles. The first-order chi connectivity index (χ1) is 3.56. The van der Waals surface area contributed by atoms with Crippen LogP contribution in [0.3, 0.4) is 0 Å². The molecule has 0 aliphatic rings. The van der Waals surface area contributed by atoms with Crippen molar-refractivity contribution in [3.63, 3.8) is 0 Å². The first-order valence-corrected chi connectivity index (χ1v) is 3.73. The Labute approximate surface area is 67.0 Å². The van der Waals surface area contributed by atoms with Crippen LogP contribution in [-0.2, 0) is 23.9 Å². The van der Waals surface area contributed by atoms with Gasteiger partial charge in [-0.2, -0.15) is 0 Å². The fourth-order valence-electron chi connectivity index (χ4n) is 0.171. The van der Waals surface area contributed by atoms with Gasteiger partial charge in [0.25, 0.3) is 0 Å². The molecule has 0 aliphatic carbocycles. The standard InChI is InChI=1S/C3H8O4Si.Zn/c1-2-3-7-8(4,5)6;/h2,4-6H,1,3H2;. The second-order valence-electron chi connectivity index (χ2n) is 1.17. The van der Waals surface area contributed by atoms with E-state index in [2.05, 4.69) is 11.0 Å². The minimum atomic E-state index is -4.25. The van der Waals surface area contributed by atoms with Gasteiger partial charge in [0.15, 0.2) is 0 Å². The molecule has 9 heavy (non-hydrogen) atoms. The van der Waals surface area contributed by atoms with Crippen molar-refractivity contribution in [2.45, 2.75) is 0 Å². The zero-order valence-corrected chi connectivity index (χ0v) is 8.92. The predicted molar refractivity (Wildman–Crippen MR) is 28.6 cm³/mol. The monoisotopic (exact) mass is 200 g/mol. The average Bonchev–Trinajstić information content (AvgIpc) is 1.59. The summed E-state index contributed by atoms with van der Waals surface area (Å²) in [5.41, 5.74) is 0. The van der Waals surface area contributed by atoms with E-state index in [-0.39, 0.29) is 26.1 Å². The summed E-state index contributed by atoms with van der Waals surface area (Å²) in [7, 11) is -4.25. The molecule has 0 rings (SSSR count). The topological polar surface area (TPSA) is 69.9 Å². The van der Waals surface area contributed by atoms with Gasteiger partial charge in [0.1, 0.15) is 0 Å². The third-order valence-corrected chi connectivity index (χ3v) is 0.949. The second kappa shape index (κ2) is 5.22. The van der Waals surface area contributed by atoms with Crippen molar-refractivity contribution in [1.82, 2.24) is 0 Å². The summed E-state index contributed by atoms with van der Waals surface area (Å²) in [5, 5.41) is 0. The molecule has 0 spiro atoms. The Balaban J connectivity index is 0. The van der Waals surface area contributed by atoms with Gasteiger partial charge in [-0.25, -0.2) is 0 Å². The van der Waals surface area contributed by atoms with Gasteiger partial charge in [-0.3, -0.25) is 0 Å². The van der Waals surface area contributed by atoms with Crippen molar-refractivity contribution in [3.8, 4) is 0 Å². The second-order valence-corrected chi connectivity index (χ2v) is 2.61. The Kier molecular flexibility index (Phi) is 7.04. The Morgan fingerprint density at radius 2 is 1.89 bits per heavy atom. The summed E-state index contributed by atoms with van der Waals surface area (Å²) in [6, 6.07) is 0. The fraction of sp³-hybridized carbons (Fsp3) is 0.333. The Bertz CT molecular complexity index is 80.4. The maximum absolute atomic E-state index is 8.13. The van der Waals surface area contributed by atoms with Crippen molar-refractivity contribution in [3.05, 3.63) is 12.7 Å². The molecule has 0 fully saturated rings. The van der Waals surface area contributed by atoms with Crippen LogP contribution >= 0.6 is 0 Å². The number of rotatable bonds is 3. The van der Waals surface area contributed by atoms with E-state index in [9.17, 15) is 0 Å². The maximum atomic E-state index is 8.13. The molecule has 3 N–H and O–H groups in total. The van der Waals surface area contributed by atoms with Gasteiger partial charge in [0, 0.05) is 19.5 Å². The normalized spacial score (nSPS) is 10.1. The van der Waals surface area contributed by atoms with Crippen LogP contribution in [0.4, 0.5) is 0 Å². The molecule has 0 bridgehead atoms. The molecule has 0 radical (unpaired) electrons. The summed E-state index contributed by atoms with van der Waals surface area (Å²) in [6.07, 6.45) is 1.31. The molecular weight excluding hydrogens is 194 g/mol. The summed E-state index contributed by atoms with van der Waals surface area (Å²) >= 11 is 0. The maximum Gasteiger partial charge on any atom is 0.671 e. The van der Waals surface area contributed by atoms with Crippen LogP contribution in [0.2, 0.25) is 0 Å². The Morgan fingerprint density at radius 1 is 1.44 bits per heavy atom. The smallest absolute Gasteiger partial charge is 0.368 e. The van der Waals surface area contributed by atoms with Crippen LogP contribution in [0, 0.1) is 0 Å². The van der Waals surface area contributed by atoms with Crippen molar-refractivity contribution in [1.29, 1.82) is 0 Å². The van der Waals surface area contributed by atoms with Gasteiger partial charge >= 0.3 is 9.05 Å². The summed E-state index contributed by atoms with van der Waals surface area (Å²) < 4.78 is 4.07. The molecule has 0 aliphatic heterocycles. The van der Waals surface area contributed by atoms with Gasteiger partial charge in [0.05, 0.1) is 6.61 Å². The van der Waals surface area contributed by atoms with Gasteiger partial charge in [0.2, 0.25) is 0 Å². The molecule has 0 aromatic heterocycles. The van der Waals surface area contributed by atoms with E-state index >= 15 is 0 Å². The molecule has 0 saturated carbocycles. The van der Waals surface area contributed by atoms with E-state index in [1.165, 1.54) is 6.08 Å². The Hall–Kier alpha value is 0.420. The van der Waals surface area contributed by atoms with Crippen molar-refractivity contribution in [2.75, 3.05) is 6.61 Å². The molecule has 4 nitrogen and oxygen atoms in total. The minimum absolute atomic E-state index is 0. The largest absolute Gasteiger partial charge is 0.671 e. The molecule has 0 aromatic rings. The van der Waals surface area contributed by atoms with Gasteiger partial charge in [-0.15, -0.1) is 6.58 Å². The van der Waals surface area contributed by atoms with Crippen LogP contribution in [0.5, 0.6) is 0 Å². The van der Waals surface area contributed by atoms with Crippen LogP contribution in [0.15, 0.2) is 12.7 Å². The fourth-order valence-corrected chi connectivity index (χ4v) is 0.512. The van der Waals surface area contributed by atoms with E-state index in [1.54, 1.807) is 0 Å². The quantitative estimate of drug-likeness (QED) is 0.388. The van der Waals surface area contributed by atoms with Gasteiger partial charge < -0.3 is 18.8 Å². The van der Waals surface area contributed by atoms with E-state index in [0.29, 0.717) is 0 Å². The Morgan fingerprint density at radius 3 is 2.00 bits per heavy atom. The first-order valence-electron chi connectivity index (χ1n) is 1.98. The van der Waals surface area contributed by atoms with Crippen LogP contribution < -0.4 is 0 Å². The van der Waals surface area contributed by atoms with Crippen molar-refractivity contribution < 1.29 is 38.3 Å². The SMILES string of the molecule is C=CCO[Si](O)(O)O.[Zn]. The molecule has 50 valence electrons. The third kappa shape index (κ3) is 11.8. The zero-order valence-electron chi connectivity index (χ0n) is 4.95. The molecule has 0 amide bonds. The molecule has 0 unspecified atom stereocenters. The molecule has 0 aromatic carbocycles. The molecular formula is C3H8O4SiZn. The van der Waals surface area contributed by atoms with E-state index in [1.807, 2.05) is 0 Å². The predicted octanol–water partition coefficient (Wildman–Crippen LogP) is -1.40. The van der Waals surface area contributed by atoms with E-state index in [0.717, 1.165) is 0 Å². The van der Waals surface area contributed by atoms with Crippen molar-refractivity contribution in [2.24, 2.45) is 0 Å². The molecule has 0 atom stereocenters. The molecule has 6 heteroatoms. The van der Waals surface area contributed by atoms with Crippen LogP contribution in [0.1, 0.15) is 0 Å². The van der Waals surface area contributed by atoms with E-state index < -0.39 is 9.05 Å². The summed E-state index contributed by atoms with van der Waals surface area (Å²) in [4.78, 5) is 24.4. The first kappa shape index (κ1) is 12.1. The average molecular weight is 202 g/mol. The van der Waals surface area contributed by atoms with E-state index in [4.69, 9.17) is 14.4 Å². The number of hydrogen-bond donors (Lipinski definition) is 3. The van der Waals surface area contributed by atoms with Crippen molar-refractivity contribution >= 4 is 9.05 Å². The zero-order chi connectivity index (χ0) is 6.62.